The molecule has 0 radical (unpaired) electrons. The number of aryl methyl sites for hydroxylation is 2. The molecule has 0 bridgehead atoms. The molecule has 0 unspecified atom stereocenters. The number of carbonyl (C=O) groups excluding carboxylic acids is 1. The molecule has 0 spiro atoms. The number of methoxy groups -OCH3 is 1. The van der Waals surface area contributed by atoms with Crippen LogP contribution in [0.15, 0.2) is 28.0 Å². The molecule has 0 fully saturated rings. The van der Waals surface area contributed by atoms with Gasteiger partial charge in [0.25, 0.3) is 5.89 Å². The summed E-state index contributed by atoms with van der Waals surface area (Å²) in [4.78, 5) is 16.4. The van der Waals surface area contributed by atoms with E-state index >= 15 is 0 Å². The van der Waals surface area contributed by atoms with Crippen LogP contribution in [0.4, 0.5) is 6.01 Å². The second-order valence-electron chi connectivity index (χ2n) is 5.19. The number of amides is 1. The molecule has 24 heavy (non-hydrogen) atoms. The molecule has 0 aliphatic heterocycles. The lowest BCUT2D eigenvalue weighted by atomic mass is 10.1. The van der Waals surface area contributed by atoms with Gasteiger partial charge in [0.05, 0.1) is 18.5 Å². The van der Waals surface area contributed by atoms with Crippen LogP contribution in [0.3, 0.4) is 0 Å². The van der Waals surface area contributed by atoms with Crippen molar-refractivity contribution < 1.29 is 13.9 Å². The predicted molar refractivity (Wildman–Crippen MR) is 90.2 cm³/mol. The quantitative estimate of drug-likeness (QED) is 0.765. The average molecular weight is 344 g/mol. The van der Waals surface area contributed by atoms with E-state index in [-0.39, 0.29) is 24.2 Å². The fourth-order valence-corrected chi connectivity index (χ4v) is 2.83. The minimum Gasteiger partial charge on any atom is -0.496 e. The molecule has 0 saturated heterocycles. The van der Waals surface area contributed by atoms with Crippen molar-refractivity contribution >= 4 is 23.3 Å². The Kier molecular flexibility index (Phi) is 4.57. The molecule has 2 heterocycles. The van der Waals surface area contributed by atoms with Gasteiger partial charge in [-0.2, -0.15) is 0 Å². The Labute approximate surface area is 142 Å². The summed E-state index contributed by atoms with van der Waals surface area (Å²) < 4.78 is 10.6. The van der Waals surface area contributed by atoms with Crippen LogP contribution in [0.5, 0.6) is 5.75 Å². The molecule has 0 atom stereocenters. The number of hydrogen-bond donors (Lipinski definition) is 1. The number of rotatable bonds is 5. The summed E-state index contributed by atoms with van der Waals surface area (Å²) >= 11 is 1.49. The lowest BCUT2D eigenvalue weighted by molar-refractivity contribution is -0.115. The smallest absolute Gasteiger partial charge is 0.322 e. The van der Waals surface area contributed by atoms with Gasteiger partial charge >= 0.3 is 6.01 Å². The number of carbonyl (C=O) groups is 1. The molecule has 0 aliphatic rings. The molecule has 2 aromatic heterocycles. The average Bonchev–Trinajstić information content (AvgIpc) is 3.16. The zero-order valence-corrected chi connectivity index (χ0v) is 14.3. The van der Waals surface area contributed by atoms with E-state index in [1.807, 2.05) is 37.4 Å². The van der Waals surface area contributed by atoms with E-state index in [1.54, 1.807) is 7.11 Å². The van der Waals surface area contributed by atoms with Crippen molar-refractivity contribution in [3.63, 3.8) is 0 Å². The summed E-state index contributed by atoms with van der Waals surface area (Å²) in [6.45, 7) is 3.82. The molecule has 0 saturated carbocycles. The van der Waals surface area contributed by atoms with Crippen molar-refractivity contribution in [3.8, 4) is 17.3 Å². The van der Waals surface area contributed by atoms with Crippen molar-refractivity contribution in [2.45, 2.75) is 20.3 Å². The highest BCUT2D eigenvalue weighted by Gasteiger charge is 2.14. The number of benzene rings is 1. The monoisotopic (exact) mass is 344 g/mol. The SMILES string of the molecule is COc1ccc(CC(=O)Nc2nnc(-c3csc(C)n3)o2)cc1C. The number of anilines is 1. The molecular formula is C16H16N4O3S. The summed E-state index contributed by atoms with van der Waals surface area (Å²) in [5.74, 6) is 0.846. The minimum atomic E-state index is -0.232. The zero-order chi connectivity index (χ0) is 17.1. The van der Waals surface area contributed by atoms with E-state index in [2.05, 4.69) is 20.5 Å². The van der Waals surface area contributed by atoms with E-state index in [0.717, 1.165) is 21.9 Å². The highest BCUT2D eigenvalue weighted by Crippen LogP contribution is 2.22. The Morgan fingerprint density at radius 1 is 1.33 bits per heavy atom. The number of ether oxygens (including phenoxy) is 1. The van der Waals surface area contributed by atoms with Gasteiger partial charge < -0.3 is 9.15 Å². The molecule has 1 amide bonds. The zero-order valence-electron chi connectivity index (χ0n) is 13.5. The predicted octanol–water partition coefficient (Wildman–Crippen LogP) is 3.00. The van der Waals surface area contributed by atoms with Crippen molar-refractivity contribution in [2.75, 3.05) is 12.4 Å². The second-order valence-corrected chi connectivity index (χ2v) is 6.26. The summed E-state index contributed by atoms with van der Waals surface area (Å²) in [5, 5.41) is 13.1. The number of nitrogens with one attached hydrogen (secondary N) is 1. The standard InChI is InChI=1S/C16H16N4O3S/c1-9-6-11(4-5-13(9)22-3)7-14(21)18-16-20-19-15(23-16)12-8-24-10(2)17-12/h4-6,8H,7H2,1-3H3,(H,18,20,21). The van der Waals surface area contributed by atoms with E-state index < -0.39 is 0 Å². The molecule has 3 aromatic rings. The highest BCUT2D eigenvalue weighted by molar-refractivity contribution is 7.09. The van der Waals surface area contributed by atoms with Crippen LogP contribution in [0.25, 0.3) is 11.6 Å². The van der Waals surface area contributed by atoms with Gasteiger partial charge in [-0.15, -0.1) is 16.4 Å². The van der Waals surface area contributed by atoms with Gasteiger partial charge in [0, 0.05) is 5.38 Å². The molecule has 3 rings (SSSR count). The van der Waals surface area contributed by atoms with Gasteiger partial charge in [-0.3, -0.25) is 10.1 Å². The molecular weight excluding hydrogens is 328 g/mol. The van der Waals surface area contributed by atoms with E-state index in [0.29, 0.717) is 5.69 Å². The first-order valence-electron chi connectivity index (χ1n) is 7.24. The minimum absolute atomic E-state index is 0.0610. The Bertz CT molecular complexity index is 872. The van der Waals surface area contributed by atoms with E-state index in [4.69, 9.17) is 9.15 Å². The van der Waals surface area contributed by atoms with Crippen LogP contribution in [0, 0.1) is 13.8 Å². The maximum absolute atomic E-state index is 12.1. The maximum Gasteiger partial charge on any atom is 0.322 e. The van der Waals surface area contributed by atoms with Crippen LogP contribution >= 0.6 is 11.3 Å². The number of aromatic nitrogens is 3. The third kappa shape index (κ3) is 3.60. The van der Waals surface area contributed by atoms with Crippen LogP contribution < -0.4 is 10.1 Å². The van der Waals surface area contributed by atoms with Crippen LogP contribution in [0.2, 0.25) is 0 Å². The van der Waals surface area contributed by atoms with Crippen LogP contribution in [-0.4, -0.2) is 28.2 Å². The largest absolute Gasteiger partial charge is 0.496 e. The lowest BCUT2D eigenvalue weighted by Gasteiger charge is -2.06. The Hall–Kier alpha value is -2.74. The van der Waals surface area contributed by atoms with Gasteiger partial charge in [0.1, 0.15) is 11.4 Å². The van der Waals surface area contributed by atoms with Gasteiger partial charge in [0.15, 0.2) is 0 Å². The summed E-state index contributed by atoms with van der Waals surface area (Å²) in [5.41, 5.74) is 2.46. The van der Waals surface area contributed by atoms with Gasteiger partial charge in [-0.1, -0.05) is 17.2 Å². The Balaban J connectivity index is 1.65. The van der Waals surface area contributed by atoms with E-state index in [9.17, 15) is 4.79 Å². The van der Waals surface area contributed by atoms with Gasteiger partial charge in [-0.25, -0.2) is 4.98 Å². The van der Waals surface area contributed by atoms with Crippen molar-refractivity contribution in [1.82, 2.24) is 15.2 Å². The highest BCUT2D eigenvalue weighted by atomic mass is 32.1. The van der Waals surface area contributed by atoms with Gasteiger partial charge in [-0.05, 0) is 31.0 Å². The molecule has 7 nitrogen and oxygen atoms in total. The molecule has 124 valence electrons. The summed E-state index contributed by atoms with van der Waals surface area (Å²) in [7, 11) is 1.62. The summed E-state index contributed by atoms with van der Waals surface area (Å²) in [6.07, 6.45) is 0.207. The number of hydrogen-bond acceptors (Lipinski definition) is 7. The van der Waals surface area contributed by atoms with Gasteiger partial charge in [0.2, 0.25) is 5.91 Å². The fourth-order valence-electron chi connectivity index (χ4n) is 2.24. The first-order valence-corrected chi connectivity index (χ1v) is 8.12. The number of thiazole rings is 1. The Morgan fingerprint density at radius 2 is 2.17 bits per heavy atom. The molecule has 8 heteroatoms. The van der Waals surface area contributed by atoms with Crippen LogP contribution in [-0.2, 0) is 11.2 Å². The van der Waals surface area contributed by atoms with Crippen molar-refractivity contribution in [1.29, 1.82) is 0 Å². The normalized spacial score (nSPS) is 10.6. The third-order valence-corrected chi connectivity index (χ3v) is 4.11. The first kappa shape index (κ1) is 16.1. The van der Waals surface area contributed by atoms with E-state index in [1.165, 1.54) is 11.3 Å². The molecule has 1 aromatic carbocycles. The van der Waals surface area contributed by atoms with Crippen LogP contribution in [0.1, 0.15) is 16.1 Å². The Morgan fingerprint density at radius 3 is 2.83 bits per heavy atom. The topological polar surface area (TPSA) is 90.1 Å². The van der Waals surface area contributed by atoms with Crippen molar-refractivity contribution in [3.05, 3.63) is 39.7 Å². The first-order chi connectivity index (χ1) is 11.5. The third-order valence-electron chi connectivity index (χ3n) is 3.33. The number of nitrogens with zero attached hydrogens (tertiary/aromatic N) is 3. The second kappa shape index (κ2) is 6.79. The lowest BCUT2D eigenvalue weighted by Crippen LogP contribution is -2.14. The maximum atomic E-state index is 12.1. The molecule has 0 aliphatic carbocycles. The summed E-state index contributed by atoms with van der Waals surface area (Å²) in [6, 6.07) is 5.66. The molecule has 1 N–H and O–H groups in total. The van der Waals surface area contributed by atoms with Crippen molar-refractivity contribution in [2.24, 2.45) is 0 Å². The fraction of sp³-hybridized carbons (Fsp3) is 0.250.